The van der Waals surface area contributed by atoms with Gasteiger partial charge in [0.05, 0.1) is 0 Å². The van der Waals surface area contributed by atoms with E-state index in [1.165, 1.54) is 81.4 Å². The normalized spacial score (nSPS) is 12.8. The number of hydrogen-bond acceptors (Lipinski definition) is 8. The summed E-state index contributed by atoms with van der Waals surface area (Å²) in [6, 6.07) is 13.0. The van der Waals surface area contributed by atoms with E-state index in [0.29, 0.717) is 5.69 Å². The Balaban J connectivity index is 1.25. The Morgan fingerprint density at radius 3 is 2.31 bits per heavy atom. The van der Waals surface area contributed by atoms with E-state index in [1.807, 2.05) is 0 Å². The number of rotatable bonds is 5. The third-order valence-corrected chi connectivity index (χ3v) is 7.16. The molecule has 3 heterocycles. The molecule has 3 amide bonds. The zero-order valence-corrected chi connectivity index (χ0v) is 26.8. The molecule has 0 saturated carbocycles. The molecule has 3 N–H and O–H groups in total. The van der Waals surface area contributed by atoms with Crippen LogP contribution in [0.4, 0.5) is 25.1 Å². The SMILES string of the molecule is CC(C)(C)OC(=O)N1CCN(C(=O)C#Cc2c(Oc3ccc(NC(=O)c4cccn(-c5ccc(F)cc5)c4=O)cc3F)ccnc2N)CC1. The number of halogens is 2. The molecule has 49 heavy (non-hydrogen) atoms. The highest BCUT2D eigenvalue weighted by Gasteiger charge is 2.27. The predicted octanol–water partition coefficient (Wildman–Crippen LogP) is 4.57. The van der Waals surface area contributed by atoms with Crippen molar-refractivity contribution in [3.63, 3.8) is 0 Å². The Morgan fingerprint density at radius 2 is 1.63 bits per heavy atom. The van der Waals surface area contributed by atoms with E-state index in [9.17, 15) is 23.6 Å². The Kier molecular flexibility index (Phi) is 9.93. The topological polar surface area (TPSA) is 149 Å². The molecular weight excluding hydrogens is 638 g/mol. The molecule has 12 nitrogen and oxygen atoms in total. The van der Waals surface area contributed by atoms with Gasteiger partial charge < -0.3 is 30.3 Å². The number of carbonyl (C=O) groups excluding carboxylic acids is 3. The number of carbonyl (C=O) groups is 3. The van der Waals surface area contributed by atoms with E-state index >= 15 is 4.39 Å². The first-order valence-corrected chi connectivity index (χ1v) is 15.1. The molecule has 1 fully saturated rings. The van der Waals surface area contributed by atoms with Crippen molar-refractivity contribution in [1.82, 2.24) is 19.4 Å². The highest BCUT2D eigenvalue weighted by molar-refractivity contribution is 6.04. The van der Waals surface area contributed by atoms with Crippen molar-refractivity contribution in [2.45, 2.75) is 26.4 Å². The average Bonchev–Trinajstić information content (AvgIpc) is 3.05. The zero-order chi connectivity index (χ0) is 35.3. The van der Waals surface area contributed by atoms with Gasteiger partial charge in [-0.3, -0.25) is 19.0 Å². The van der Waals surface area contributed by atoms with E-state index < -0.39 is 40.7 Å². The second-order valence-corrected chi connectivity index (χ2v) is 11.9. The van der Waals surface area contributed by atoms with Crippen molar-refractivity contribution in [3.05, 3.63) is 106 Å². The lowest BCUT2D eigenvalue weighted by molar-refractivity contribution is -0.126. The van der Waals surface area contributed by atoms with Gasteiger partial charge in [-0.05, 0) is 75.2 Å². The van der Waals surface area contributed by atoms with E-state index in [1.54, 1.807) is 20.8 Å². The van der Waals surface area contributed by atoms with Crippen molar-refractivity contribution in [1.29, 1.82) is 0 Å². The van der Waals surface area contributed by atoms with Crippen LogP contribution >= 0.6 is 0 Å². The summed E-state index contributed by atoms with van der Waals surface area (Å²) < 4.78 is 40.8. The first-order chi connectivity index (χ1) is 23.3. The summed E-state index contributed by atoms with van der Waals surface area (Å²) in [5, 5.41) is 2.49. The predicted molar refractivity (Wildman–Crippen MR) is 176 cm³/mol. The number of benzene rings is 2. The number of hydrogen-bond donors (Lipinski definition) is 2. The molecule has 2 aromatic carbocycles. The number of nitrogens with one attached hydrogen (secondary N) is 1. The number of pyridine rings is 2. The number of piperazine rings is 1. The van der Waals surface area contributed by atoms with E-state index in [2.05, 4.69) is 22.1 Å². The summed E-state index contributed by atoms with van der Waals surface area (Å²) >= 11 is 0. The van der Waals surface area contributed by atoms with Crippen LogP contribution in [0, 0.1) is 23.5 Å². The average molecular weight is 671 g/mol. The lowest BCUT2D eigenvalue weighted by Gasteiger charge is -2.34. The van der Waals surface area contributed by atoms with E-state index in [0.717, 1.165) is 6.07 Å². The van der Waals surface area contributed by atoms with Crippen LogP contribution in [-0.2, 0) is 9.53 Å². The van der Waals surface area contributed by atoms with Crippen LogP contribution in [0.5, 0.6) is 11.5 Å². The fourth-order valence-corrected chi connectivity index (χ4v) is 4.73. The van der Waals surface area contributed by atoms with Crippen LogP contribution < -0.4 is 21.3 Å². The standard InChI is InChI=1S/C35H32F2N6O6/c1-35(2,3)49-34(47)42-19-17-41(18-20-42)30(44)13-11-25-28(14-15-39-31(25)38)48-29-12-8-23(21-27(29)37)40-32(45)26-5-4-16-43(33(26)46)24-9-6-22(36)7-10-24/h4-10,12,14-16,21H,17-20H2,1-3H3,(H2,38,39)(H,40,45). The third kappa shape index (κ3) is 8.38. The minimum Gasteiger partial charge on any atom is -0.453 e. The minimum absolute atomic E-state index is 0.0314. The molecule has 1 aliphatic heterocycles. The summed E-state index contributed by atoms with van der Waals surface area (Å²) in [5.74, 6) is 2.30. The van der Waals surface area contributed by atoms with Crippen molar-refractivity contribution in [2.75, 3.05) is 37.2 Å². The van der Waals surface area contributed by atoms with Gasteiger partial charge >= 0.3 is 6.09 Å². The summed E-state index contributed by atoms with van der Waals surface area (Å²) in [4.78, 5) is 58.1. The van der Waals surface area contributed by atoms with E-state index in [4.69, 9.17) is 15.2 Å². The van der Waals surface area contributed by atoms with E-state index in [-0.39, 0.29) is 60.3 Å². The molecule has 4 aromatic rings. The molecule has 1 aliphatic rings. The largest absolute Gasteiger partial charge is 0.453 e. The van der Waals surface area contributed by atoms with Gasteiger partial charge in [-0.2, -0.15) is 0 Å². The maximum atomic E-state index is 15.2. The van der Waals surface area contributed by atoms with Crippen LogP contribution in [0.2, 0.25) is 0 Å². The van der Waals surface area contributed by atoms with Crippen LogP contribution in [0.1, 0.15) is 36.7 Å². The van der Waals surface area contributed by atoms with Crippen LogP contribution in [0.15, 0.2) is 77.9 Å². The Hall–Kier alpha value is -6.23. The molecule has 2 aromatic heterocycles. The fourth-order valence-electron chi connectivity index (χ4n) is 4.73. The Bertz CT molecular complexity index is 2020. The Morgan fingerprint density at radius 1 is 0.939 bits per heavy atom. The molecule has 1 saturated heterocycles. The number of ether oxygens (including phenoxy) is 2. The minimum atomic E-state index is -0.859. The Labute approximate surface area is 280 Å². The lowest BCUT2D eigenvalue weighted by atomic mass is 10.2. The van der Waals surface area contributed by atoms with Crippen molar-refractivity contribution in [3.8, 4) is 29.0 Å². The quantitative estimate of drug-likeness (QED) is 0.294. The molecule has 0 radical (unpaired) electrons. The molecule has 0 unspecified atom stereocenters. The zero-order valence-electron chi connectivity index (χ0n) is 26.8. The second kappa shape index (κ2) is 14.3. The number of aromatic nitrogens is 2. The lowest BCUT2D eigenvalue weighted by Crippen LogP contribution is -2.51. The van der Waals surface area contributed by atoms with Gasteiger partial charge in [-0.15, -0.1) is 0 Å². The van der Waals surface area contributed by atoms with Gasteiger partial charge in [0.2, 0.25) is 0 Å². The van der Waals surface area contributed by atoms with Gasteiger partial charge in [-0.25, -0.2) is 18.6 Å². The van der Waals surface area contributed by atoms with Crippen LogP contribution in [-0.4, -0.2) is 69.0 Å². The van der Waals surface area contributed by atoms with Gasteiger partial charge in [0.15, 0.2) is 11.6 Å². The molecule has 5 rings (SSSR count). The van der Waals surface area contributed by atoms with Gasteiger partial charge in [0.25, 0.3) is 17.4 Å². The monoisotopic (exact) mass is 670 g/mol. The summed E-state index contributed by atoms with van der Waals surface area (Å²) in [6.45, 7) is 6.38. The first kappa shape index (κ1) is 34.1. The summed E-state index contributed by atoms with van der Waals surface area (Å²) in [5.41, 5.74) is 4.96. The van der Waals surface area contributed by atoms with Crippen LogP contribution in [0.3, 0.4) is 0 Å². The van der Waals surface area contributed by atoms with Gasteiger partial charge in [-0.1, -0.05) is 0 Å². The number of nitrogen functional groups attached to an aromatic ring is 1. The summed E-state index contributed by atoms with van der Waals surface area (Å²) in [6.07, 6.45) is 2.31. The maximum Gasteiger partial charge on any atom is 0.410 e. The van der Waals surface area contributed by atoms with Crippen molar-refractivity contribution >= 4 is 29.4 Å². The first-order valence-electron chi connectivity index (χ1n) is 15.1. The molecule has 0 bridgehead atoms. The van der Waals surface area contributed by atoms with Crippen molar-refractivity contribution < 1.29 is 32.6 Å². The molecule has 14 heteroatoms. The fraction of sp³-hybridized carbons (Fsp3) is 0.229. The highest BCUT2D eigenvalue weighted by atomic mass is 19.1. The molecule has 0 atom stereocenters. The molecule has 0 aliphatic carbocycles. The molecule has 0 spiro atoms. The van der Waals surface area contributed by atoms with Crippen LogP contribution in [0.25, 0.3) is 5.69 Å². The number of nitrogens with two attached hydrogens (primary N) is 1. The van der Waals surface area contributed by atoms with Crippen molar-refractivity contribution in [2.24, 2.45) is 0 Å². The number of anilines is 2. The number of amides is 3. The maximum absolute atomic E-state index is 15.2. The molecule has 252 valence electrons. The smallest absolute Gasteiger partial charge is 0.410 e. The highest BCUT2D eigenvalue weighted by Crippen LogP contribution is 2.30. The van der Waals surface area contributed by atoms with Gasteiger partial charge in [0.1, 0.15) is 34.1 Å². The third-order valence-electron chi connectivity index (χ3n) is 7.16. The second-order valence-electron chi connectivity index (χ2n) is 11.9. The number of nitrogens with zero attached hydrogens (tertiary/aromatic N) is 4. The van der Waals surface area contributed by atoms with Gasteiger partial charge in [0, 0.05) is 68.0 Å². The molecular formula is C35H32F2N6O6. The summed E-state index contributed by atoms with van der Waals surface area (Å²) in [7, 11) is 0.